The van der Waals surface area contributed by atoms with E-state index in [4.69, 9.17) is 23.2 Å². The lowest BCUT2D eigenvalue weighted by molar-refractivity contribution is -0.126. The summed E-state index contributed by atoms with van der Waals surface area (Å²) in [4.78, 5) is 10.3. The summed E-state index contributed by atoms with van der Waals surface area (Å²) in [5.41, 5.74) is -1.90. The predicted molar refractivity (Wildman–Crippen MR) is 35.7 cm³/mol. The van der Waals surface area contributed by atoms with Crippen molar-refractivity contribution < 1.29 is 13.6 Å². The summed E-state index contributed by atoms with van der Waals surface area (Å²) in [6.07, 6.45) is -2.81. The molecule has 0 saturated carbocycles. The van der Waals surface area contributed by atoms with E-state index in [0.29, 0.717) is 0 Å². The molecule has 0 rings (SSSR count). The summed E-state index contributed by atoms with van der Waals surface area (Å²) in [6.45, 7) is 1.03. The van der Waals surface area contributed by atoms with Crippen molar-refractivity contribution in [2.24, 2.45) is 5.41 Å². The van der Waals surface area contributed by atoms with Crippen molar-refractivity contribution in [3.63, 3.8) is 0 Å². The smallest absolute Gasteiger partial charge is 0.253 e. The van der Waals surface area contributed by atoms with Crippen LogP contribution in [0.2, 0.25) is 0 Å². The number of halogens is 4. The Kier molecular flexibility index (Phi) is 3.52. The van der Waals surface area contributed by atoms with Gasteiger partial charge in [0.2, 0.25) is 5.24 Å². The van der Waals surface area contributed by atoms with Gasteiger partial charge in [-0.15, -0.1) is 11.6 Å². The summed E-state index contributed by atoms with van der Waals surface area (Å²) >= 11 is 9.99. The van der Waals surface area contributed by atoms with Crippen LogP contribution in [0.1, 0.15) is 6.92 Å². The molecule has 10 heavy (non-hydrogen) atoms. The fourth-order valence-electron chi connectivity index (χ4n) is 0.197. The Labute approximate surface area is 67.3 Å². The maximum absolute atomic E-state index is 11.9. The molecule has 0 fully saturated rings. The van der Waals surface area contributed by atoms with Gasteiger partial charge in [0.1, 0.15) is 5.41 Å². The number of alkyl halides is 3. The molecule has 1 atom stereocenters. The molecule has 0 saturated heterocycles. The molecule has 0 aromatic carbocycles. The van der Waals surface area contributed by atoms with Crippen LogP contribution in [0.5, 0.6) is 0 Å². The minimum absolute atomic E-state index is 0.465. The van der Waals surface area contributed by atoms with Gasteiger partial charge in [0.25, 0.3) is 6.43 Å². The first-order chi connectivity index (χ1) is 4.45. The third kappa shape index (κ3) is 1.80. The Balaban J connectivity index is 4.38. The molecular weight excluding hydrogens is 185 g/mol. The van der Waals surface area contributed by atoms with Crippen molar-refractivity contribution in [1.82, 2.24) is 0 Å². The fourth-order valence-corrected chi connectivity index (χ4v) is 0.652. The quantitative estimate of drug-likeness (QED) is 0.493. The lowest BCUT2D eigenvalue weighted by Gasteiger charge is -2.20. The molecule has 0 aromatic heterocycles. The van der Waals surface area contributed by atoms with Crippen LogP contribution in [0.15, 0.2) is 0 Å². The van der Waals surface area contributed by atoms with Gasteiger partial charge in [-0.1, -0.05) is 0 Å². The summed E-state index contributed by atoms with van der Waals surface area (Å²) < 4.78 is 23.9. The van der Waals surface area contributed by atoms with Gasteiger partial charge in [-0.2, -0.15) is 0 Å². The first-order valence-corrected chi connectivity index (χ1v) is 3.40. The van der Waals surface area contributed by atoms with Crippen molar-refractivity contribution in [3.05, 3.63) is 0 Å². The van der Waals surface area contributed by atoms with Crippen molar-refractivity contribution >= 4 is 28.4 Å². The molecule has 0 amide bonds. The Bertz CT molecular complexity index is 140. The third-order valence-electron chi connectivity index (χ3n) is 1.21. The molecule has 0 aromatic rings. The van der Waals surface area contributed by atoms with Gasteiger partial charge in [0.05, 0.1) is 0 Å². The maximum atomic E-state index is 11.9. The normalized spacial score (nSPS) is 17.0. The highest BCUT2D eigenvalue weighted by atomic mass is 35.5. The van der Waals surface area contributed by atoms with Gasteiger partial charge < -0.3 is 0 Å². The SMILES string of the molecule is CC(CCl)(C(=O)Cl)C(F)F. The van der Waals surface area contributed by atoms with Crippen LogP contribution in [0.4, 0.5) is 8.78 Å². The van der Waals surface area contributed by atoms with Gasteiger partial charge in [-0.25, -0.2) is 8.78 Å². The van der Waals surface area contributed by atoms with Crippen LogP contribution in [0.3, 0.4) is 0 Å². The van der Waals surface area contributed by atoms with Gasteiger partial charge in [-0.3, -0.25) is 4.79 Å². The number of rotatable bonds is 3. The van der Waals surface area contributed by atoms with E-state index >= 15 is 0 Å². The van der Waals surface area contributed by atoms with Crippen LogP contribution in [-0.2, 0) is 4.79 Å². The minimum Gasteiger partial charge on any atom is -0.280 e. The maximum Gasteiger partial charge on any atom is 0.253 e. The van der Waals surface area contributed by atoms with E-state index in [1.165, 1.54) is 0 Å². The molecule has 0 heterocycles. The summed E-state index contributed by atoms with van der Waals surface area (Å²) in [5.74, 6) is -0.465. The van der Waals surface area contributed by atoms with E-state index in [-0.39, 0.29) is 0 Å². The Hall–Kier alpha value is 0.110. The van der Waals surface area contributed by atoms with Crippen LogP contribution < -0.4 is 0 Å². The Morgan fingerprint density at radius 2 is 2.10 bits per heavy atom. The first kappa shape index (κ1) is 10.1. The molecule has 0 bridgehead atoms. The van der Waals surface area contributed by atoms with E-state index in [1.54, 1.807) is 0 Å². The standard InChI is InChI=1S/C5H6Cl2F2O/c1-5(2-6,3(7)10)4(8)9/h4H,2H2,1H3. The second-order valence-electron chi connectivity index (χ2n) is 2.13. The minimum atomic E-state index is -2.81. The first-order valence-electron chi connectivity index (χ1n) is 2.49. The number of hydrogen-bond donors (Lipinski definition) is 0. The summed E-state index contributed by atoms with van der Waals surface area (Å²) in [6, 6.07) is 0. The van der Waals surface area contributed by atoms with E-state index in [2.05, 4.69) is 0 Å². The van der Waals surface area contributed by atoms with Gasteiger partial charge in [0, 0.05) is 5.88 Å². The van der Waals surface area contributed by atoms with Crippen molar-refractivity contribution in [3.8, 4) is 0 Å². The Morgan fingerprint density at radius 1 is 1.70 bits per heavy atom. The van der Waals surface area contributed by atoms with Gasteiger partial charge in [-0.05, 0) is 18.5 Å². The lowest BCUT2D eigenvalue weighted by Crippen LogP contribution is -2.34. The molecule has 0 aliphatic rings. The topological polar surface area (TPSA) is 17.1 Å². The highest BCUT2D eigenvalue weighted by molar-refractivity contribution is 6.65. The van der Waals surface area contributed by atoms with Crippen molar-refractivity contribution in [2.75, 3.05) is 5.88 Å². The highest BCUT2D eigenvalue weighted by Gasteiger charge is 2.40. The molecule has 0 aliphatic carbocycles. The average molecular weight is 191 g/mol. The zero-order valence-electron chi connectivity index (χ0n) is 5.20. The molecule has 0 N–H and O–H groups in total. The van der Waals surface area contributed by atoms with E-state index < -0.39 is 23.0 Å². The molecular formula is C5H6Cl2F2O. The molecule has 1 unspecified atom stereocenters. The second kappa shape index (κ2) is 3.49. The summed E-state index contributed by atoms with van der Waals surface area (Å²) in [7, 11) is 0. The fraction of sp³-hybridized carbons (Fsp3) is 0.800. The number of carbonyl (C=O) groups excluding carboxylic acids is 1. The molecule has 0 spiro atoms. The van der Waals surface area contributed by atoms with E-state index in [9.17, 15) is 13.6 Å². The van der Waals surface area contributed by atoms with E-state index in [0.717, 1.165) is 6.92 Å². The van der Waals surface area contributed by atoms with Crippen LogP contribution in [-0.4, -0.2) is 17.5 Å². The largest absolute Gasteiger partial charge is 0.280 e. The van der Waals surface area contributed by atoms with Crippen LogP contribution >= 0.6 is 23.2 Å². The molecule has 1 nitrogen and oxygen atoms in total. The predicted octanol–water partition coefficient (Wildman–Crippen LogP) is 2.26. The lowest BCUT2D eigenvalue weighted by atomic mass is 9.96. The number of carbonyl (C=O) groups is 1. The zero-order chi connectivity index (χ0) is 8.36. The molecule has 0 aliphatic heterocycles. The van der Waals surface area contributed by atoms with Gasteiger partial charge in [0.15, 0.2) is 0 Å². The highest BCUT2D eigenvalue weighted by Crippen LogP contribution is 2.29. The van der Waals surface area contributed by atoms with Crippen molar-refractivity contribution in [2.45, 2.75) is 13.3 Å². The molecule has 60 valence electrons. The Morgan fingerprint density at radius 3 is 2.10 bits per heavy atom. The molecule has 0 radical (unpaired) electrons. The third-order valence-corrected chi connectivity index (χ3v) is 2.20. The second-order valence-corrected chi connectivity index (χ2v) is 2.74. The zero-order valence-corrected chi connectivity index (χ0v) is 6.72. The average Bonchev–Trinajstić information content (AvgIpc) is 1.85. The molecule has 5 heteroatoms. The van der Waals surface area contributed by atoms with Crippen LogP contribution in [0, 0.1) is 5.41 Å². The van der Waals surface area contributed by atoms with Crippen molar-refractivity contribution in [1.29, 1.82) is 0 Å². The van der Waals surface area contributed by atoms with Gasteiger partial charge >= 0.3 is 0 Å². The van der Waals surface area contributed by atoms with Crippen LogP contribution in [0.25, 0.3) is 0 Å². The number of hydrogen-bond acceptors (Lipinski definition) is 1. The van der Waals surface area contributed by atoms with E-state index in [1.807, 2.05) is 0 Å². The summed E-state index contributed by atoms with van der Waals surface area (Å²) in [5, 5.41) is -1.10. The monoisotopic (exact) mass is 190 g/mol.